The fourth-order valence-electron chi connectivity index (χ4n) is 1.40. The molecule has 0 spiro atoms. The quantitative estimate of drug-likeness (QED) is 0.774. The molecule has 0 atom stereocenters. The van der Waals surface area contributed by atoms with Crippen LogP contribution in [0.5, 0.6) is 0 Å². The van der Waals surface area contributed by atoms with Crippen LogP contribution in [0.15, 0.2) is 12.1 Å². The van der Waals surface area contributed by atoms with Gasteiger partial charge in [-0.3, -0.25) is 0 Å². The normalized spacial score (nSPS) is 9.87. The molecule has 0 aliphatic heterocycles. The lowest BCUT2D eigenvalue weighted by Crippen LogP contribution is -2.09. The molecule has 0 bridgehead atoms. The summed E-state index contributed by atoms with van der Waals surface area (Å²) in [6.07, 6.45) is 0. The Morgan fingerprint density at radius 2 is 1.93 bits per heavy atom. The van der Waals surface area contributed by atoms with Crippen molar-refractivity contribution in [2.75, 3.05) is 19.0 Å². The molecule has 0 radical (unpaired) electrons. The van der Waals surface area contributed by atoms with E-state index in [1.165, 1.54) is 0 Å². The zero-order valence-corrected chi connectivity index (χ0v) is 9.68. The number of benzene rings is 1. The SMILES string of the molecule is CCOC(=O)c1cc(C)c(C)cc1NC. The van der Waals surface area contributed by atoms with Gasteiger partial charge >= 0.3 is 5.97 Å². The topological polar surface area (TPSA) is 38.3 Å². The number of nitrogens with one attached hydrogen (secondary N) is 1. The van der Waals surface area contributed by atoms with Crippen molar-refractivity contribution >= 4 is 11.7 Å². The highest BCUT2D eigenvalue weighted by molar-refractivity contribution is 5.96. The van der Waals surface area contributed by atoms with Crippen LogP contribution in [0.1, 0.15) is 28.4 Å². The summed E-state index contributed by atoms with van der Waals surface area (Å²) >= 11 is 0. The van der Waals surface area contributed by atoms with Gasteiger partial charge in [0.15, 0.2) is 0 Å². The smallest absolute Gasteiger partial charge is 0.340 e. The highest BCUT2D eigenvalue weighted by Crippen LogP contribution is 2.21. The molecule has 1 N–H and O–H groups in total. The monoisotopic (exact) mass is 207 g/mol. The van der Waals surface area contributed by atoms with Crippen LogP contribution in [-0.2, 0) is 4.74 Å². The third kappa shape index (κ3) is 2.49. The van der Waals surface area contributed by atoms with E-state index >= 15 is 0 Å². The van der Waals surface area contributed by atoms with Crippen LogP contribution < -0.4 is 5.32 Å². The number of rotatable bonds is 3. The van der Waals surface area contributed by atoms with Gasteiger partial charge in [0.1, 0.15) is 0 Å². The number of carbonyl (C=O) groups excluding carboxylic acids is 1. The van der Waals surface area contributed by atoms with Crippen LogP contribution in [0.2, 0.25) is 0 Å². The van der Waals surface area contributed by atoms with Crippen molar-refractivity contribution in [2.45, 2.75) is 20.8 Å². The maximum atomic E-state index is 11.6. The summed E-state index contributed by atoms with van der Waals surface area (Å²) in [6.45, 7) is 6.20. The first-order chi connectivity index (χ1) is 7.10. The minimum absolute atomic E-state index is 0.273. The van der Waals surface area contributed by atoms with Crippen molar-refractivity contribution in [2.24, 2.45) is 0 Å². The highest BCUT2D eigenvalue weighted by atomic mass is 16.5. The first-order valence-corrected chi connectivity index (χ1v) is 5.06. The molecular weight excluding hydrogens is 190 g/mol. The van der Waals surface area contributed by atoms with Crippen LogP contribution in [0.25, 0.3) is 0 Å². The predicted molar refractivity (Wildman–Crippen MR) is 61.4 cm³/mol. The zero-order chi connectivity index (χ0) is 11.4. The standard InChI is InChI=1S/C12H17NO2/c1-5-15-12(14)10-6-8(2)9(3)7-11(10)13-4/h6-7,13H,5H2,1-4H3. The van der Waals surface area contributed by atoms with Gasteiger partial charge < -0.3 is 10.1 Å². The van der Waals surface area contributed by atoms with E-state index in [0.29, 0.717) is 12.2 Å². The van der Waals surface area contributed by atoms with E-state index < -0.39 is 0 Å². The zero-order valence-electron chi connectivity index (χ0n) is 9.68. The number of aryl methyl sites for hydroxylation is 2. The van der Waals surface area contributed by atoms with Gasteiger partial charge in [0.25, 0.3) is 0 Å². The Morgan fingerprint density at radius 3 is 2.47 bits per heavy atom. The van der Waals surface area contributed by atoms with Gasteiger partial charge in [-0.05, 0) is 44.0 Å². The molecule has 0 saturated heterocycles. The second kappa shape index (κ2) is 4.82. The molecule has 3 heteroatoms. The Bertz CT molecular complexity index is 372. The summed E-state index contributed by atoms with van der Waals surface area (Å²) in [5.74, 6) is -0.273. The van der Waals surface area contributed by atoms with E-state index in [1.54, 1.807) is 14.0 Å². The first kappa shape index (κ1) is 11.6. The van der Waals surface area contributed by atoms with Gasteiger partial charge in [-0.15, -0.1) is 0 Å². The summed E-state index contributed by atoms with van der Waals surface area (Å²) in [6, 6.07) is 3.82. The Balaban J connectivity index is 3.15. The molecule has 0 aliphatic rings. The van der Waals surface area contributed by atoms with Gasteiger partial charge in [0.2, 0.25) is 0 Å². The number of hydrogen-bond acceptors (Lipinski definition) is 3. The minimum atomic E-state index is -0.273. The first-order valence-electron chi connectivity index (χ1n) is 5.06. The molecule has 0 aliphatic carbocycles. The molecule has 3 nitrogen and oxygen atoms in total. The van der Waals surface area contributed by atoms with E-state index in [2.05, 4.69) is 5.32 Å². The second-order valence-corrected chi connectivity index (χ2v) is 3.45. The van der Waals surface area contributed by atoms with Crippen LogP contribution in [0.4, 0.5) is 5.69 Å². The van der Waals surface area contributed by atoms with Gasteiger partial charge in [-0.1, -0.05) is 0 Å². The molecule has 0 aromatic heterocycles. The van der Waals surface area contributed by atoms with Crippen LogP contribution in [-0.4, -0.2) is 19.6 Å². The van der Waals surface area contributed by atoms with Crippen molar-refractivity contribution in [1.82, 2.24) is 0 Å². The van der Waals surface area contributed by atoms with E-state index in [9.17, 15) is 4.79 Å². The number of ether oxygens (including phenoxy) is 1. The number of carbonyl (C=O) groups is 1. The molecule has 15 heavy (non-hydrogen) atoms. The fourth-order valence-corrected chi connectivity index (χ4v) is 1.40. The maximum absolute atomic E-state index is 11.6. The Kier molecular flexibility index (Phi) is 3.72. The lowest BCUT2D eigenvalue weighted by Gasteiger charge is -2.11. The lowest BCUT2D eigenvalue weighted by atomic mass is 10.0. The second-order valence-electron chi connectivity index (χ2n) is 3.45. The summed E-state index contributed by atoms with van der Waals surface area (Å²) < 4.78 is 4.99. The largest absolute Gasteiger partial charge is 0.462 e. The van der Waals surface area contributed by atoms with E-state index in [4.69, 9.17) is 4.74 Å². The van der Waals surface area contributed by atoms with Crippen molar-refractivity contribution in [3.05, 3.63) is 28.8 Å². The average Bonchev–Trinajstić information content (AvgIpc) is 2.21. The van der Waals surface area contributed by atoms with Crippen LogP contribution >= 0.6 is 0 Å². The predicted octanol–water partition coefficient (Wildman–Crippen LogP) is 2.52. The molecule has 0 fully saturated rings. The highest BCUT2D eigenvalue weighted by Gasteiger charge is 2.12. The number of esters is 1. The molecule has 0 heterocycles. The van der Waals surface area contributed by atoms with Gasteiger partial charge in [0.05, 0.1) is 12.2 Å². The number of anilines is 1. The van der Waals surface area contributed by atoms with Crippen molar-refractivity contribution in [1.29, 1.82) is 0 Å². The van der Waals surface area contributed by atoms with Crippen LogP contribution in [0, 0.1) is 13.8 Å². The summed E-state index contributed by atoms with van der Waals surface area (Å²) in [7, 11) is 1.80. The van der Waals surface area contributed by atoms with Crippen molar-refractivity contribution in [3.8, 4) is 0 Å². The molecular formula is C12H17NO2. The summed E-state index contributed by atoms with van der Waals surface area (Å²) in [4.78, 5) is 11.6. The van der Waals surface area contributed by atoms with E-state index in [0.717, 1.165) is 16.8 Å². The molecule has 0 unspecified atom stereocenters. The lowest BCUT2D eigenvalue weighted by molar-refractivity contribution is 0.0527. The Morgan fingerprint density at radius 1 is 1.33 bits per heavy atom. The average molecular weight is 207 g/mol. The molecule has 82 valence electrons. The van der Waals surface area contributed by atoms with E-state index in [-0.39, 0.29) is 5.97 Å². The molecule has 0 amide bonds. The van der Waals surface area contributed by atoms with Crippen LogP contribution in [0.3, 0.4) is 0 Å². The third-order valence-corrected chi connectivity index (χ3v) is 2.40. The maximum Gasteiger partial charge on any atom is 0.340 e. The Labute approximate surface area is 90.4 Å². The Hall–Kier alpha value is -1.51. The third-order valence-electron chi connectivity index (χ3n) is 2.40. The fraction of sp³-hybridized carbons (Fsp3) is 0.417. The molecule has 1 aromatic carbocycles. The minimum Gasteiger partial charge on any atom is -0.462 e. The van der Waals surface area contributed by atoms with Crippen molar-refractivity contribution in [3.63, 3.8) is 0 Å². The molecule has 1 rings (SSSR count). The van der Waals surface area contributed by atoms with Gasteiger partial charge in [0, 0.05) is 12.7 Å². The van der Waals surface area contributed by atoms with Gasteiger partial charge in [-0.25, -0.2) is 4.79 Å². The molecule has 1 aromatic rings. The summed E-state index contributed by atoms with van der Waals surface area (Å²) in [5.41, 5.74) is 3.67. The van der Waals surface area contributed by atoms with Crippen molar-refractivity contribution < 1.29 is 9.53 Å². The number of hydrogen-bond donors (Lipinski definition) is 1. The van der Waals surface area contributed by atoms with Gasteiger partial charge in [-0.2, -0.15) is 0 Å². The molecule has 0 saturated carbocycles. The van der Waals surface area contributed by atoms with E-state index in [1.807, 2.05) is 26.0 Å². The summed E-state index contributed by atoms with van der Waals surface area (Å²) in [5, 5.41) is 3.00.